The molecule has 1 atom stereocenters. The monoisotopic (exact) mass is 255 g/mol. The predicted molar refractivity (Wildman–Crippen MR) is 80.0 cm³/mol. The maximum atomic E-state index is 5.96. The number of rotatable bonds is 5. The largest absolute Gasteiger partial charge is 0.383 e. The van der Waals surface area contributed by atoms with Crippen LogP contribution in [0.15, 0.2) is 42.6 Å². The van der Waals surface area contributed by atoms with Crippen LogP contribution in [0.1, 0.15) is 29.2 Å². The fraction of sp³-hybridized carbons (Fsp3) is 0.312. The average molecular weight is 255 g/mol. The molecule has 0 amide bonds. The standard InChI is InChI=1S/C16H21N3/c1-12-10-11-19-16(17)14(12)8-9-15(18-2)13-6-4-3-5-7-13/h3-7,10-11,15,18H,8-9H2,1-2H3,(H2,17,19). The lowest BCUT2D eigenvalue weighted by Gasteiger charge is -2.17. The molecule has 1 heterocycles. The molecule has 1 aromatic carbocycles. The van der Waals surface area contributed by atoms with E-state index in [9.17, 15) is 0 Å². The molecule has 1 aromatic heterocycles. The van der Waals surface area contributed by atoms with Crippen molar-refractivity contribution in [1.82, 2.24) is 10.3 Å². The molecule has 0 aliphatic rings. The van der Waals surface area contributed by atoms with E-state index >= 15 is 0 Å². The Hall–Kier alpha value is -1.87. The summed E-state index contributed by atoms with van der Waals surface area (Å²) >= 11 is 0. The highest BCUT2D eigenvalue weighted by atomic mass is 14.9. The number of nitrogens with one attached hydrogen (secondary N) is 1. The molecule has 0 saturated carbocycles. The molecule has 0 radical (unpaired) electrons. The minimum atomic E-state index is 0.347. The van der Waals surface area contributed by atoms with Gasteiger partial charge in [0.15, 0.2) is 0 Å². The van der Waals surface area contributed by atoms with Crippen molar-refractivity contribution < 1.29 is 0 Å². The van der Waals surface area contributed by atoms with Crippen molar-refractivity contribution in [2.75, 3.05) is 12.8 Å². The van der Waals surface area contributed by atoms with Gasteiger partial charge in [-0.05, 0) is 49.6 Å². The molecule has 2 rings (SSSR count). The molecule has 3 N–H and O–H groups in total. The van der Waals surface area contributed by atoms with Gasteiger partial charge in [0.05, 0.1) is 0 Å². The van der Waals surface area contributed by atoms with Gasteiger partial charge >= 0.3 is 0 Å². The van der Waals surface area contributed by atoms with Gasteiger partial charge in [-0.15, -0.1) is 0 Å². The Morgan fingerprint density at radius 2 is 1.95 bits per heavy atom. The molecule has 0 aliphatic heterocycles. The molecule has 0 aliphatic carbocycles. The van der Waals surface area contributed by atoms with Crippen molar-refractivity contribution in [3.63, 3.8) is 0 Å². The second kappa shape index (κ2) is 6.34. The van der Waals surface area contributed by atoms with Crippen molar-refractivity contribution in [3.05, 3.63) is 59.3 Å². The molecule has 1 unspecified atom stereocenters. The van der Waals surface area contributed by atoms with Crippen LogP contribution in [-0.4, -0.2) is 12.0 Å². The Kier molecular flexibility index (Phi) is 4.53. The van der Waals surface area contributed by atoms with E-state index in [-0.39, 0.29) is 0 Å². The van der Waals surface area contributed by atoms with Crippen LogP contribution < -0.4 is 11.1 Å². The number of anilines is 1. The van der Waals surface area contributed by atoms with Crippen LogP contribution in [0.4, 0.5) is 5.82 Å². The third-order valence-corrected chi connectivity index (χ3v) is 3.56. The zero-order valence-corrected chi connectivity index (χ0v) is 11.6. The summed E-state index contributed by atoms with van der Waals surface area (Å²) in [6, 6.07) is 12.9. The topological polar surface area (TPSA) is 50.9 Å². The first-order valence-electron chi connectivity index (χ1n) is 6.64. The average Bonchev–Trinajstić information content (AvgIpc) is 2.43. The summed E-state index contributed by atoms with van der Waals surface area (Å²) in [6.07, 6.45) is 3.71. The molecular formula is C16H21N3. The van der Waals surface area contributed by atoms with Gasteiger partial charge in [0.2, 0.25) is 0 Å². The number of aromatic nitrogens is 1. The molecule has 0 saturated heterocycles. The van der Waals surface area contributed by atoms with E-state index in [1.165, 1.54) is 16.7 Å². The molecule has 0 fully saturated rings. The van der Waals surface area contributed by atoms with E-state index in [1.54, 1.807) is 6.20 Å². The van der Waals surface area contributed by atoms with Crippen LogP contribution >= 0.6 is 0 Å². The van der Waals surface area contributed by atoms with E-state index in [0.717, 1.165) is 12.8 Å². The number of nitrogens with two attached hydrogens (primary N) is 1. The number of aryl methyl sites for hydroxylation is 1. The summed E-state index contributed by atoms with van der Waals surface area (Å²) < 4.78 is 0. The number of hydrogen-bond acceptors (Lipinski definition) is 3. The van der Waals surface area contributed by atoms with Crippen molar-refractivity contribution >= 4 is 5.82 Å². The quantitative estimate of drug-likeness (QED) is 0.863. The van der Waals surface area contributed by atoms with Crippen LogP contribution in [0.3, 0.4) is 0 Å². The summed E-state index contributed by atoms with van der Waals surface area (Å²) in [4.78, 5) is 4.17. The minimum Gasteiger partial charge on any atom is -0.383 e. The van der Waals surface area contributed by atoms with E-state index < -0.39 is 0 Å². The third kappa shape index (κ3) is 3.32. The molecule has 0 spiro atoms. The van der Waals surface area contributed by atoms with Crippen LogP contribution in [0.2, 0.25) is 0 Å². The summed E-state index contributed by atoms with van der Waals surface area (Å²) in [7, 11) is 2.00. The van der Waals surface area contributed by atoms with E-state index in [0.29, 0.717) is 11.9 Å². The molecule has 3 nitrogen and oxygen atoms in total. The van der Waals surface area contributed by atoms with Crippen molar-refractivity contribution in [1.29, 1.82) is 0 Å². The zero-order chi connectivity index (χ0) is 13.7. The number of benzene rings is 1. The Labute approximate surface area is 114 Å². The fourth-order valence-electron chi connectivity index (χ4n) is 2.39. The first kappa shape index (κ1) is 13.6. The Balaban J connectivity index is 2.09. The molecule has 100 valence electrons. The normalized spacial score (nSPS) is 12.3. The summed E-state index contributed by atoms with van der Waals surface area (Å²) in [6.45, 7) is 2.09. The first-order valence-corrected chi connectivity index (χ1v) is 6.64. The van der Waals surface area contributed by atoms with Gasteiger partial charge < -0.3 is 11.1 Å². The van der Waals surface area contributed by atoms with Gasteiger partial charge in [0.25, 0.3) is 0 Å². The van der Waals surface area contributed by atoms with Gasteiger partial charge in [-0.3, -0.25) is 0 Å². The highest BCUT2D eigenvalue weighted by Crippen LogP contribution is 2.22. The summed E-state index contributed by atoms with van der Waals surface area (Å²) in [5.74, 6) is 0.655. The Bertz CT molecular complexity index is 503. The molecule has 19 heavy (non-hydrogen) atoms. The van der Waals surface area contributed by atoms with Crippen LogP contribution in [0, 0.1) is 6.92 Å². The van der Waals surface area contributed by atoms with E-state index in [2.05, 4.69) is 41.5 Å². The summed E-state index contributed by atoms with van der Waals surface area (Å²) in [5.41, 5.74) is 9.65. The zero-order valence-electron chi connectivity index (χ0n) is 11.6. The number of pyridine rings is 1. The van der Waals surface area contributed by atoms with Gasteiger partial charge in [0.1, 0.15) is 5.82 Å². The predicted octanol–water partition coefficient (Wildman–Crippen LogP) is 2.87. The lowest BCUT2D eigenvalue weighted by Crippen LogP contribution is -2.17. The SMILES string of the molecule is CNC(CCc1c(C)ccnc1N)c1ccccc1. The third-order valence-electron chi connectivity index (χ3n) is 3.56. The van der Waals surface area contributed by atoms with E-state index in [1.807, 2.05) is 19.2 Å². The molecule has 3 heteroatoms. The van der Waals surface area contributed by atoms with Gasteiger partial charge in [-0.1, -0.05) is 30.3 Å². The van der Waals surface area contributed by atoms with Crippen molar-refractivity contribution in [2.45, 2.75) is 25.8 Å². The van der Waals surface area contributed by atoms with Crippen LogP contribution in [-0.2, 0) is 6.42 Å². The maximum Gasteiger partial charge on any atom is 0.126 e. The van der Waals surface area contributed by atoms with Crippen molar-refractivity contribution in [2.24, 2.45) is 0 Å². The molecular weight excluding hydrogens is 234 g/mol. The smallest absolute Gasteiger partial charge is 0.126 e. The van der Waals surface area contributed by atoms with Gasteiger partial charge in [-0.25, -0.2) is 4.98 Å². The fourth-order valence-corrected chi connectivity index (χ4v) is 2.39. The Morgan fingerprint density at radius 1 is 1.21 bits per heavy atom. The molecule has 2 aromatic rings. The first-order chi connectivity index (χ1) is 9.22. The number of nitrogens with zero attached hydrogens (tertiary/aromatic N) is 1. The van der Waals surface area contributed by atoms with Gasteiger partial charge in [-0.2, -0.15) is 0 Å². The minimum absolute atomic E-state index is 0.347. The lowest BCUT2D eigenvalue weighted by molar-refractivity contribution is 0.548. The highest BCUT2D eigenvalue weighted by molar-refractivity contribution is 5.43. The van der Waals surface area contributed by atoms with Crippen LogP contribution in [0.25, 0.3) is 0 Å². The van der Waals surface area contributed by atoms with Crippen LogP contribution in [0.5, 0.6) is 0 Å². The van der Waals surface area contributed by atoms with Gasteiger partial charge in [0, 0.05) is 12.2 Å². The highest BCUT2D eigenvalue weighted by Gasteiger charge is 2.11. The number of hydrogen-bond donors (Lipinski definition) is 2. The van der Waals surface area contributed by atoms with Crippen molar-refractivity contribution in [3.8, 4) is 0 Å². The Morgan fingerprint density at radius 3 is 2.58 bits per heavy atom. The number of nitrogen functional groups attached to an aromatic ring is 1. The second-order valence-corrected chi connectivity index (χ2v) is 4.78. The van der Waals surface area contributed by atoms with E-state index in [4.69, 9.17) is 5.73 Å². The summed E-state index contributed by atoms with van der Waals surface area (Å²) in [5, 5.41) is 3.37. The lowest BCUT2D eigenvalue weighted by atomic mass is 9.97. The molecule has 0 bridgehead atoms. The second-order valence-electron chi connectivity index (χ2n) is 4.78. The maximum absolute atomic E-state index is 5.96.